The van der Waals surface area contributed by atoms with Gasteiger partial charge < -0.3 is 0 Å². The van der Waals surface area contributed by atoms with E-state index in [1.807, 2.05) is 43.3 Å². The van der Waals surface area contributed by atoms with Gasteiger partial charge in [0.05, 0.1) is 21.7 Å². The Morgan fingerprint density at radius 3 is 2.62 bits per heavy atom. The number of para-hydroxylation sites is 1. The van der Waals surface area contributed by atoms with E-state index >= 15 is 0 Å². The van der Waals surface area contributed by atoms with Crippen molar-refractivity contribution < 1.29 is 12.8 Å². The lowest BCUT2D eigenvalue weighted by molar-refractivity contribution is 0.591. The van der Waals surface area contributed by atoms with Crippen LogP contribution >= 0.6 is 22.9 Å². The fourth-order valence-electron chi connectivity index (χ4n) is 2.97. The maximum Gasteiger partial charge on any atom is 0.237 e. The number of hydrogen-bond acceptors (Lipinski definition) is 4. The van der Waals surface area contributed by atoms with Crippen LogP contribution in [0.1, 0.15) is 11.1 Å². The minimum Gasteiger partial charge on any atom is -0.283 e. The molecule has 0 bridgehead atoms. The summed E-state index contributed by atoms with van der Waals surface area (Å²) in [6, 6.07) is 17.4. The van der Waals surface area contributed by atoms with E-state index in [1.165, 1.54) is 18.2 Å². The molecule has 4 nitrogen and oxygen atoms in total. The average Bonchev–Trinajstić information content (AvgIpc) is 3.11. The Morgan fingerprint density at radius 2 is 1.90 bits per heavy atom. The van der Waals surface area contributed by atoms with Crippen LogP contribution in [0.15, 0.2) is 60.7 Å². The van der Waals surface area contributed by atoms with Crippen molar-refractivity contribution in [3.63, 3.8) is 0 Å². The van der Waals surface area contributed by atoms with E-state index in [0.29, 0.717) is 5.69 Å². The summed E-state index contributed by atoms with van der Waals surface area (Å²) in [5.41, 5.74) is 2.96. The molecular weight excluding hydrogens is 431 g/mol. The molecule has 0 amide bonds. The molecule has 0 radical (unpaired) electrons. The highest BCUT2D eigenvalue weighted by Crippen LogP contribution is 2.32. The molecule has 4 rings (SSSR count). The molecule has 0 aliphatic rings. The first-order valence-electron chi connectivity index (χ1n) is 8.72. The van der Waals surface area contributed by atoms with E-state index < -0.39 is 21.6 Å². The smallest absolute Gasteiger partial charge is 0.237 e. The van der Waals surface area contributed by atoms with E-state index in [0.717, 1.165) is 26.4 Å². The highest BCUT2D eigenvalue weighted by molar-refractivity contribution is 7.91. The van der Waals surface area contributed by atoms with Gasteiger partial charge in [0.1, 0.15) is 10.8 Å². The molecule has 148 valence electrons. The van der Waals surface area contributed by atoms with Gasteiger partial charge in [0, 0.05) is 16.1 Å². The SMILES string of the molecule is Cc1cc(-c2nc3ccccc3s2)ccc1NS(=O)(=O)Cc1c(F)cccc1Cl. The third-order valence-electron chi connectivity index (χ3n) is 4.43. The molecule has 4 aromatic rings. The number of aromatic nitrogens is 1. The van der Waals surface area contributed by atoms with Gasteiger partial charge in [-0.15, -0.1) is 11.3 Å². The maximum absolute atomic E-state index is 13.9. The molecule has 3 aromatic carbocycles. The van der Waals surface area contributed by atoms with Crippen LogP contribution in [0.5, 0.6) is 0 Å². The molecule has 1 heterocycles. The van der Waals surface area contributed by atoms with Crippen molar-refractivity contribution in [2.75, 3.05) is 4.72 Å². The van der Waals surface area contributed by atoms with E-state index in [4.69, 9.17) is 11.6 Å². The molecular formula is C21H16ClFN2O2S2. The van der Waals surface area contributed by atoms with Crippen molar-refractivity contribution in [3.8, 4) is 10.6 Å². The summed E-state index contributed by atoms with van der Waals surface area (Å²) < 4.78 is 42.7. The van der Waals surface area contributed by atoms with Crippen molar-refractivity contribution in [1.29, 1.82) is 0 Å². The molecule has 0 unspecified atom stereocenters. The summed E-state index contributed by atoms with van der Waals surface area (Å²) in [4.78, 5) is 4.63. The summed E-state index contributed by atoms with van der Waals surface area (Å²) in [6.07, 6.45) is 0. The first kappa shape index (κ1) is 19.8. The van der Waals surface area contributed by atoms with Crippen molar-refractivity contribution >= 4 is 48.9 Å². The van der Waals surface area contributed by atoms with Crippen LogP contribution in [0.25, 0.3) is 20.8 Å². The lowest BCUT2D eigenvalue weighted by Gasteiger charge is -2.12. The number of benzene rings is 3. The fourth-order valence-corrected chi connectivity index (χ4v) is 5.55. The van der Waals surface area contributed by atoms with Gasteiger partial charge in [-0.25, -0.2) is 17.8 Å². The summed E-state index contributed by atoms with van der Waals surface area (Å²) >= 11 is 7.53. The summed E-state index contributed by atoms with van der Waals surface area (Å²) in [7, 11) is -3.84. The number of fused-ring (bicyclic) bond motifs is 1. The molecule has 8 heteroatoms. The number of hydrogen-bond donors (Lipinski definition) is 1. The quantitative estimate of drug-likeness (QED) is 0.408. The van der Waals surface area contributed by atoms with Crippen molar-refractivity contribution in [2.45, 2.75) is 12.7 Å². The van der Waals surface area contributed by atoms with E-state index in [9.17, 15) is 12.8 Å². The minimum absolute atomic E-state index is 0.0505. The molecule has 1 aromatic heterocycles. The summed E-state index contributed by atoms with van der Waals surface area (Å²) in [5, 5.41) is 0.945. The minimum atomic E-state index is -3.84. The van der Waals surface area contributed by atoms with Crippen LogP contribution in [0.4, 0.5) is 10.1 Å². The first-order chi connectivity index (χ1) is 13.8. The van der Waals surface area contributed by atoms with Crippen LogP contribution in [0.3, 0.4) is 0 Å². The third-order valence-corrected chi connectivity index (χ3v) is 7.07. The Kier molecular flexibility index (Phi) is 5.29. The predicted octanol–water partition coefficient (Wildman–Crippen LogP) is 6.01. The molecule has 29 heavy (non-hydrogen) atoms. The highest BCUT2D eigenvalue weighted by atomic mass is 35.5. The van der Waals surface area contributed by atoms with Crippen LogP contribution in [-0.4, -0.2) is 13.4 Å². The van der Waals surface area contributed by atoms with Crippen molar-refractivity contribution in [2.24, 2.45) is 0 Å². The third kappa shape index (κ3) is 4.27. The number of halogens is 2. The Morgan fingerprint density at radius 1 is 1.10 bits per heavy atom. The normalized spacial score (nSPS) is 11.7. The topological polar surface area (TPSA) is 59.1 Å². The second-order valence-electron chi connectivity index (χ2n) is 6.58. The molecule has 0 spiro atoms. The van der Waals surface area contributed by atoms with E-state index in [2.05, 4.69) is 9.71 Å². The largest absolute Gasteiger partial charge is 0.283 e. The van der Waals surface area contributed by atoms with Crippen LogP contribution < -0.4 is 4.72 Å². The molecule has 0 atom stereocenters. The van der Waals surface area contributed by atoms with Gasteiger partial charge in [-0.2, -0.15) is 0 Å². The Hall–Kier alpha value is -2.48. The van der Waals surface area contributed by atoms with Crippen LogP contribution in [0.2, 0.25) is 5.02 Å². The number of thiazole rings is 1. The van der Waals surface area contributed by atoms with Gasteiger partial charge in [0.2, 0.25) is 10.0 Å². The van der Waals surface area contributed by atoms with Gasteiger partial charge in [0.25, 0.3) is 0 Å². The van der Waals surface area contributed by atoms with Crippen LogP contribution in [0, 0.1) is 12.7 Å². The lowest BCUT2D eigenvalue weighted by Crippen LogP contribution is -2.16. The standard InChI is InChI=1S/C21H16ClFN2O2S2/c1-13-11-14(21-24-19-7-2-3-8-20(19)28-21)9-10-18(13)25-29(26,27)12-15-16(22)5-4-6-17(15)23/h2-11,25H,12H2,1H3. The molecule has 0 fully saturated rings. The van der Waals surface area contributed by atoms with E-state index in [1.54, 1.807) is 17.4 Å². The zero-order chi connectivity index (χ0) is 20.6. The summed E-state index contributed by atoms with van der Waals surface area (Å²) in [6.45, 7) is 1.81. The van der Waals surface area contributed by atoms with Gasteiger partial charge in [-0.3, -0.25) is 4.72 Å². The predicted molar refractivity (Wildman–Crippen MR) is 117 cm³/mol. The number of nitrogens with one attached hydrogen (secondary N) is 1. The molecule has 0 aliphatic heterocycles. The maximum atomic E-state index is 13.9. The summed E-state index contributed by atoms with van der Waals surface area (Å²) in [5.74, 6) is -1.19. The van der Waals surface area contributed by atoms with Gasteiger partial charge in [-0.05, 0) is 55.0 Å². The van der Waals surface area contributed by atoms with Crippen molar-refractivity contribution in [3.05, 3.63) is 82.6 Å². The second kappa shape index (κ2) is 7.74. The Bertz CT molecular complexity index is 1270. The molecule has 1 N–H and O–H groups in total. The van der Waals surface area contributed by atoms with Crippen molar-refractivity contribution in [1.82, 2.24) is 4.98 Å². The number of rotatable bonds is 5. The Labute approximate surface area is 177 Å². The second-order valence-corrected chi connectivity index (χ2v) is 9.74. The van der Waals surface area contributed by atoms with E-state index in [-0.39, 0.29) is 10.6 Å². The zero-order valence-corrected chi connectivity index (χ0v) is 17.7. The highest BCUT2D eigenvalue weighted by Gasteiger charge is 2.18. The number of aryl methyl sites for hydroxylation is 1. The number of sulfonamides is 1. The lowest BCUT2D eigenvalue weighted by atomic mass is 10.1. The molecule has 0 saturated carbocycles. The molecule has 0 aliphatic carbocycles. The fraction of sp³-hybridized carbons (Fsp3) is 0.0952. The first-order valence-corrected chi connectivity index (χ1v) is 11.6. The van der Waals surface area contributed by atoms with Gasteiger partial charge >= 0.3 is 0 Å². The zero-order valence-electron chi connectivity index (χ0n) is 15.3. The van der Waals surface area contributed by atoms with Gasteiger partial charge in [-0.1, -0.05) is 29.8 Å². The number of nitrogens with zero attached hydrogens (tertiary/aromatic N) is 1. The average molecular weight is 447 g/mol. The Balaban J connectivity index is 1.59. The monoisotopic (exact) mass is 446 g/mol. The van der Waals surface area contributed by atoms with Crippen LogP contribution in [-0.2, 0) is 15.8 Å². The number of anilines is 1. The molecule has 0 saturated heterocycles. The van der Waals surface area contributed by atoms with Gasteiger partial charge in [0.15, 0.2) is 0 Å².